The van der Waals surface area contributed by atoms with Crippen molar-refractivity contribution >= 4 is 17.6 Å². The number of anilines is 1. The van der Waals surface area contributed by atoms with E-state index in [1.807, 2.05) is 54.6 Å². The third-order valence-corrected chi connectivity index (χ3v) is 6.02. The van der Waals surface area contributed by atoms with E-state index in [2.05, 4.69) is 11.9 Å². The van der Waals surface area contributed by atoms with Gasteiger partial charge in [-0.25, -0.2) is 0 Å². The molecule has 0 aromatic heterocycles. The molecule has 0 radical (unpaired) electrons. The molecule has 3 atom stereocenters. The Balaban J connectivity index is 1.45. The average Bonchev–Trinajstić information content (AvgIpc) is 3.19. The summed E-state index contributed by atoms with van der Waals surface area (Å²) in [6.45, 7) is 4.58. The van der Waals surface area contributed by atoms with E-state index in [-0.39, 0.29) is 17.8 Å². The van der Waals surface area contributed by atoms with Crippen molar-refractivity contribution in [3.8, 4) is 0 Å². The van der Waals surface area contributed by atoms with Gasteiger partial charge in [0.1, 0.15) is 0 Å². The van der Waals surface area contributed by atoms with Crippen molar-refractivity contribution in [3.63, 3.8) is 0 Å². The highest BCUT2D eigenvalue weighted by atomic mass is 16.5. The Bertz CT molecular complexity index is 922. The van der Waals surface area contributed by atoms with Gasteiger partial charge in [-0.2, -0.15) is 0 Å². The average molecular weight is 391 g/mol. The van der Waals surface area contributed by atoms with Gasteiger partial charge < -0.3 is 14.8 Å². The van der Waals surface area contributed by atoms with Crippen LogP contribution in [-0.2, 0) is 25.5 Å². The number of fused-ring (bicyclic) bond motifs is 1. The molecule has 150 valence electrons. The number of amides is 1. The number of rotatable bonds is 6. The number of allylic oxidation sites excluding steroid dienone is 1. The first-order chi connectivity index (χ1) is 14.0. The number of ether oxygens (including phenoxy) is 2. The van der Waals surface area contributed by atoms with E-state index in [0.717, 1.165) is 23.1 Å². The van der Waals surface area contributed by atoms with Gasteiger partial charge in [0, 0.05) is 18.7 Å². The van der Waals surface area contributed by atoms with Crippen molar-refractivity contribution in [1.29, 1.82) is 0 Å². The highest BCUT2D eigenvalue weighted by Gasteiger charge is 2.55. The Kier molecular flexibility index (Phi) is 5.24. The summed E-state index contributed by atoms with van der Waals surface area (Å²) in [5.74, 6) is -0.115. The summed E-state index contributed by atoms with van der Waals surface area (Å²) < 4.78 is 10.7. The summed E-state index contributed by atoms with van der Waals surface area (Å²) in [5.41, 5.74) is 3.19. The maximum Gasteiger partial charge on any atom is 0.313 e. The minimum Gasteiger partial charge on any atom is -0.465 e. The first kappa shape index (κ1) is 19.4. The fourth-order valence-corrected chi connectivity index (χ4v) is 4.56. The van der Waals surface area contributed by atoms with Gasteiger partial charge in [-0.05, 0) is 42.5 Å². The van der Waals surface area contributed by atoms with Crippen LogP contribution in [0.15, 0.2) is 66.7 Å². The highest BCUT2D eigenvalue weighted by Crippen LogP contribution is 2.52. The van der Waals surface area contributed by atoms with Crippen LogP contribution in [0.2, 0.25) is 0 Å². The molecule has 0 spiro atoms. The molecule has 1 amide bonds. The minimum atomic E-state index is -0.673. The largest absolute Gasteiger partial charge is 0.465 e. The molecule has 1 N–H and O–H groups in total. The van der Waals surface area contributed by atoms with Crippen LogP contribution in [0.3, 0.4) is 0 Å². The van der Waals surface area contributed by atoms with Crippen LogP contribution >= 0.6 is 0 Å². The number of benzene rings is 2. The Morgan fingerprint density at radius 3 is 2.66 bits per heavy atom. The molecule has 0 bridgehead atoms. The molecule has 1 saturated carbocycles. The van der Waals surface area contributed by atoms with E-state index in [4.69, 9.17) is 9.47 Å². The first-order valence-corrected chi connectivity index (χ1v) is 9.83. The Labute approximate surface area is 170 Å². The quantitative estimate of drug-likeness (QED) is 0.596. The Hall–Kier alpha value is -2.92. The van der Waals surface area contributed by atoms with Crippen LogP contribution in [0, 0.1) is 11.3 Å². The van der Waals surface area contributed by atoms with Crippen molar-refractivity contribution < 1.29 is 19.1 Å². The fraction of sp³-hybridized carbons (Fsp3) is 0.333. The molecule has 1 aliphatic heterocycles. The summed E-state index contributed by atoms with van der Waals surface area (Å²) in [5, 5.41) is 2.90. The number of carbonyl (C=O) groups excluding carboxylic acids is 2. The molecule has 1 aliphatic carbocycles. The fourth-order valence-electron chi connectivity index (χ4n) is 4.56. The van der Waals surface area contributed by atoms with E-state index >= 15 is 0 Å². The summed E-state index contributed by atoms with van der Waals surface area (Å²) >= 11 is 0. The third-order valence-electron chi connectivity index (χ3n) is 6.02. The van der Waals surface area contributed by atoms with Crippen molar-refractivity contribution in [1.82, 2.24) is 0 Å². The summed E-state index contributed by atoms with van der Waals surface area (Å²) in [6, 6.07) is 17.0. The second-order valence-electron chi connectivity index (χ2n) is 7.97. The first-order valence-electron chi connectivity index (χ1n) is 9.83. The number of nitrogens with one attached hydrogen (secondary N) is 1. The zero-order valence-electron chi connectivity index (χ0n) is 16.5. The maximum absolute atomic E-state index is 12.6. The van der Waals surface area contributed by atoms with Gasteiger partial charge in [0.05, 0.1) is 12.0 Å². The SMILES string of the molecule is C=C1CC2COC(=O)C2(Cc2ccc(NC(=O)[C@H](OC)c3ccccc3)cc2)C1. The van der Waals surface area contributed by atoms with Gasteiger partial charge in [0.15, 0.2) is 6.10 Å². The van der Waals surface area contributed by atoms with Crippen LogP contribution in [0.4, 0.5) is 5.69 Å². The van der Waals surface area contributed by atoms with Crippen molar-refractivity contribution in [2.75, 3.05) is 19.0 Å². The van der Waals surface area contributed by atoms with Gasteiger partial charge in [-0.3, -0.25) is 9.59 Å². The molecule has 2 fully saturated rings. The van der Waals surface area contributed by atoms with Gasteiger partial charge in [-0.15, -0.1) is 0 Å². The number of methoxy groups -OCH3 is 1. The van der Waals surface area contributed by atoms with Gasteiger partial charge in [-0.1, -0.05) is 54.6 Å². The lowest BCUT2D eigenvalue weighted by atomic mass is 9.75. The second kappa shape index (κ2) is 7.84. The Morgan fingerprint density at radius 2 is 1.97 bits per heavy atom. The van der Waals surface area contributed by atoms with Gasteiger partial charge >= 0.3 is 5.97 Å². The van der Waals surface area contributed by atoms with E-state index < -0.39 is 11.5 Å². The predicted molar refractivity (Wildman–Crippen MR) is 110 cm³/mol. The Morgan fingerprint density at radius 1 is 1.24 bits per heavy atom. The molecule has 1 heterocycles. The molecule has 5 nitrogen and oxygen atoms in total. The molecule has 2 aliphatic rings. The minimum absolute atomic E-state index is 0.107. The zero-order valence-corrected chi connectivity index (χ0v) is 16.5. The smallest absolute Gasteiger partial charge is 0.313 e. The van der Waals surface area contributed by atoms with Crippen LogP contribution in [0.25, 0.3) is 0 Å². The molecule has 4 rings (SSSR count). The standard InChI is InChI=1S/C24H25NO4/c1-16-12-19-15-29-23(27)24(19,13-16)14-17-8-10-20(11-9-17)25-22(26)21(28-2)18-6-4-3-5-7-18/h3-11,19,21H,1,12-15H2,2H3,(H,25,26)/t19?,21-,24?/m1/s1. The lowest BCUT2D eigenvalue weighted by Gasteiger charge is -2.24. The zero-order chi connectivity index (χ0) is 20.4. The van der Waals surface area contributed by atoms with Crippen molar-refractivity contribution in [2.24, 2.45) is 11.3 Å². The molecule has 5 heteroatoms. The highest BCUT2D eigenvalue weighted by molar-refractivity contribution is 5.94. The van der Waals surface area contributed by atoms with Crippen molar-refractivity contribution in [2.45, 2.75) is 25.4 Å². The molecule has 2 aromatic carbocycles. The molecular weight excluding hydrogens is 366 g/mol. The monoisotopic (exact) mass is 391 g/mol. The number of cyclic esters (lactones) is 1. The molecule has 2 aromatic rings. The summed E-state index contributed by atoms with van der Waals surface area (Å²) in [4.78, 5) is 25.1. The topological polar surface area (TPSA) is 64.6 Å². The van der Waals surface area contributed by atoms with Crippen LogP contribution in [-0.4, -0.2) is 25.6 Å². The summed E-state index contributed by atoms with van der Waals surface area (Å²) in [7, 11) is 1.52. The van der Waals surface area contributed by atoms with Crippen LogP contribution in [0.1, 0.15) is 30.1 Å². The maximum atomic E-state index is 12.6. The van der Waals surface area contributed by atoms with Crippen LogP contribution < -0.4 is 5.32 Å². The third kappa shape index (κ3) is 3.70. The molecule has 1 saturated heterocycles. The normalized spacial score (nSPS) is 24.1. The number of hydrogen-bond donors (Lipinski definition) is 1. The van der Waals surface area contributed by atoms with E-state index in [1.54, 1.807) is 0 Å². The number of hydrogen-bond acceptors (Lipinski definition) is 4. The van der Waals surface area contributed by atoms with Gasteiger partial charge in [0.25, 0.3) is 5.91 Å². The molecular formula is C24H25NO4. The lowest BCUT2D eigenvalue weighted by molar-refractivity contribution is -0.146. The van der Waals surface area contributed by atoms with Crippen molar-refractivity contribution in [3.05, 3.63) is 77.9 Å². The predicted octanol–water partition coefficient (Wildman–Crippen LogP) is 4.06. The molecule has 29 heavy (non-hydrogen) atoms. The van der Waals surface area contributed by atoms with Gasteiger partial charge in [0.2, 0.25) is 0 Å². The van der Waals surface area contributed by atoms with E-state index in [1.165, 1.54) is 7.11 Å². The molecule has 2 unspecified atom stereocenters. The van der Waals surface area contributed by atoms with E-state index in [9.17, 15) is 9.59 Å². The van der Waals surface area contributed by atoms with E-state index in [0.29, 0.717) is 25.1 Å². The number of esters is 1. The summed E-state index contributed by atoms with van der Waals surface area (Å²) in [6.07, 6.45) is 1.52. The lowest BCUT2D eigenvalue weighted by Crippen LogP contribution is -2.31. The number of carbonyl (C=O) groups is 2. The second-order valence-corrected chi connectivity index (χ2v) is 7.97. The van der Waals surface area contributed by atoms with Crippen LogP contribution in [0.5, 0.6) is 0 Å².